The average Bonchev–Trinajstić information content (AvgIpc) is 3.28. The maximum Gasteiger partial charge on any atom is 0.352 e. The molecule has 4 aromatic rings. The molecular weight excluding hydrogens is 344 g/mol. The third-order valence-electron chi connectivity index (χ3n) is 4.41. The highest BCUT2D eigenvalue weighted by Crippen LogP contribution is 2.25. The monoisotopic (exact) mass is 360 g/mol. The van der Waals surface area contributed by atoms with Crippen molar-refractivity contribution in [1.29, 1.82) is 0 Å². The van der Waals surface area contributed by atoms with Crippen LogP contribution in [0.3, 0.4) is 0 Å². The fourth-order valence-corrected chi connectivity index (χ4v) is 3.04. The number of aromatic nitrogens is 1. The van der Waals surface area contributed by atoms with E-state index in [0.717, 1.165) is 16.5 Å². The number of carbonyl (C=O) groups is 2. The fourth-order valence-electron chi connectivity index (χ4n) is 3.04. The number of hydrogen-bond donors (Lipinski definition) is 2. The number of aromatic carboxylic acids is 1. The van der Waals surface area contributed by atoms with Crippen molar-refractivity contribution in [3.05, 3.63) is 78.2 Å². The van der Waals surface area contributed by atoms with Crippen molar-refractivity contribution in [2.24, 2.45) is 7.05 Å². The van der Waals surface area contributed by atoms with Gasteiger partial charge < -0.3 is 19.4 Å². The molecule has 0 radical (unpaired) electrons. The number of anilines is 1. The predicted molar refractivity (Wildman–Crippen MR) is 102 cm³/mol. The molecule has 0 fully saturated rings. The SMILES string of the molecule is Cn1c(C(=O)O)cc2cc(NC(=O)c3ccc(-c4ccccc4)o3)ccc21. The predicted octanol–water partition coefficient (Wildman–Crippen LogP) is 4.39. The minimum absolute atomic E-state index is 0.187. The van der Waals surface area contributed by atoms with Crippen LogP contribution in [0.1, 0.15) is 21.0 Å². The molecule has 6 nitrogen and oxygen atoms in total. The van der Waals surface area contributed by atoms with Gasteiger partial charge in [-0.05, 0) is 36.4 Å². The zero-order valence-corrected chi connectivity index (χ0v) is 14.5. The summed E-state index contributed by atoms with van der Waals surface area (Å²) in [5.41, 5.74) is 2.41. The van der Waals surface area contributed by atoms with Crippen LogP contribution in [0.15, 0.2) is 71.1 Å². The van der Waals surface area contributed by atoms with Gasteiger partial charge in [-0.3, -0.25) is 4.79 Å². The lowest BCUT2D eigenvalue weighted by molar-refractivity contribution is 0.0687. The second-order valence-electron chi connectivity index (χ2n) is 6.15. The Balaban J connectivity index is 1.58. The van der Waals surface area contributed by atoms with Crippen molar-refractivity contribution in [2.45, 2.75) is 0 Å². The van der Waals surface area contributed by atoms with Crippen LogP contribution in [0.25, 0.3) is 22.2 Å². The van der Waals surface area contributed by atoms with Crippen LogP contribution in [0, 0.1) is 0 Å². The summed E-state index contributed by atoms with van der Waals surface area (Å²) in [6.07, 6.45) is 0. The first-order valence-electron chi connectivity index (χ1n) is 8.32. The Kier molecular flexibility index (Phi) is 4.01. The average molecular weight is 360 g/mol. The highest BCUT2D eigenvalue weighted by atomic mass is 16.4. The van der Waals surface area contributed by atoms with E-state index in [-0.39, 0.29) is 17.4 Å². The quantitative estimate of drug-likeness (QED) is 0.565. The molecule has 0 aliphatic rings. The van der Waals surface area contributed by atoms with Gasteiger partial charge in [0.05, 0.1) is 0 Å². The topological polar surface area (TPSA) is 84.5 Å². The van der Waals surface area contributed by atoms with E-state index in [9.17, 15) is 14.7 Å². The largest absolute Gasteiger partial charge is 0.477 e. The van der Waals surface area contributed by atoms with Crippen molar-refractivity contribution >= 4 is 28.5 Å². The molecule has 134 valence electrons. The van der Waals surface area contributed by atoms with E-state index in [1.165, 1.54) is 0 Å². The minimum Gasteiger partial charge on any atom is -0.477 e. The lowest BCUT2D eigenvalue weighted by Gasteiger charge is -2.04. The molecule has 2 heterocycles. The Bertz CT molecular complexity index is 1160. The molecule has 4 rings (SSSR count). The summed E-state index contributed by atoms with van der Waals surface area (Å²) in [7, 11) is 1.69. The van der Waals surface area contributed by atoms with Crippen LogP contribution in [0.5, 0.6) is 0 Å². The molecule has 2 N–H and O–H groups in total. The third kappa shape index (κ3) is 3.08. The van der Waals surface area contributed by atoms with E-state index >= 15 is 0 Å². The van der Waals surface area contributed by atoms with Crippen LogP contribution in [0.2, 0.25) is 0 Å². The number of nitrogens with one attached hydrogen (secondary N) is 1. The molecule has 0 spiro atoms. The summed E-state index contributed by atoms with van der Waals surface area (Å²) < 4.78 is 7.25. The van der Waals surface area contributed by atoms with Gasteiger partial charge in [-0.25, -0.2) is 4.79 Å². The van der Waals surface area contributed by atoms with Crippen LogP contribution in [-0.2, 0) is 7.05 Å². The van der Waals surface area contributed by atoms with Gasteiger partial charge in [-0.1, -0.05) is 30.3 Å². The molecule has 0 unspecified atom stereocenters. The number of nitrogens with zero attached hydrogens (tertiary/aromatic N) is 1. The molecule has 1 amide bonds. The normalized spacial score (nSPS) is 10.9. The zero-order chi connectivity index (χ0) is 19.0. The van der Waals surface area contributed by atoms with Crippen LogP contribution < -0.4 is 5.32 Å². The summed E-state index contributed by atoms with van der Waals surface area (Å²) in [6.45, 7) is 0. The molecule has 27 heavy (non-hydrogen) atoms. The van der Waals surface area contributed by atoms with Gasteiger partial charge in [0.25, 0.3) is 5.91 Å². The Hall–Kier alpha value is -3.80. The minimum atomic E-state index is -0.997. The molecule has 6 heteroatoms. The number of carbonyl (C=O) groups excluding carboxylic acids is 1. The molecule has 2 aromatic heterocycles. The summed E-state index contributed by atoms with van der Waals surface area (Å²) in [5.74, 6) is -0.548. The van der Waals surface area contributed by atoms with Crippen molar-refractivity contribution in [3.63, 3.8) is 0 Å². The third-order valence-corrected chi connectivity index (χ3v) is 4.41. The van der Waals surface area contributed by atoms with E-state index < -0.39 is 5.97 Å². The van der Waals surface area contributed by atoms with E-state index in [2.05, 4.69) is 5.32 Å². The Morgan fingerprint density at radius 1 is 1.00 bits per heavy atom. The molecule has 0 saturated carbocycles. The summed E-state index contributed by atoms with van der Waals surface area (Å²) in [5, 5.41) is 12.7. The molecule has 0 aliphatic heterocycles. The number of furan rings is 1. The Labute approximate surface area is 154 Å². The number of hydrogen-bond acceptors (Lipinski definition) is 3. The maximum atomic E-state index is 12.5. The second kappa shape index (κ2) is 6.49. The first-order chi connectivity index (χ1) is 13.0. The second-order valence-corrected chi connectivity index (χ2v) is 6.15. The standard InChI is InChI=1S/C21H16N2O4/c1-23-16-8-7-15(11-14(16)12-17(23)21(25)26)22-20(24)19-10-9-18(27-19)13-5-3-2-4-6-13/h2-12H,1H3,(H,22,24)(H,25,26). The number of carboxylic acid groups (broad SMARTS) is 1. The van der Waals surface area contributed by atoms with Crippen molar-refractivity contribution in [3.8, 4) is 11.3 Å². The number of aryl methyl sites for hydroxylation is 1. The van der Waals surface area contributed by atoms with E-state index in [0.29, 0.717) is 11.4 Å². The Morgan fingerprint density at radius 3 is 2.52 bits per heavy atom. The first-order valence-corrected chi connectivity index (χ1v) is 8.32. The number of fused-ring (bicyclic) bond motifs is 1. The highest BCUT2D eigenvalue weighted by molar-refractivity contribution is 6.04. The van der Waals surface area contributed by atoms with Crippen LogP contribution in [0.4, 0.5) is 5.69 Å². The lowest BCUT2D eigenvalue weighted by atomic mass is 10.2. The summed E-state index contributed by atoms with van der Waals surface area (Å²) >= 11 is 0. The maximum absolute atomic E-state index is 12.5. The smallest absolute Gasteiger partial charge is 0.352 e. The van der Waals surface area contributed by atoms with Gasteiger partial charge in [-0.15, -0.1) is 0 Å². The number of carboxylic acids is 1. The van der Waals surface area contributed by atoms with Crippen LogP contribution in [-0.4, -0.2) is 21.6 Å². The summed E-state index contributed by atoms with van der Waals surface area (Å²) in [4.78, 5) is 23.7. The van der Waals surface area contributed by atoms with E-state index in [1.807, 2.05) is 30.3 Å². The number of amides is 1. The lowest BCUT2D eigenvalue weighted by Crippen LogP contribution is -2.10. The molecular formula is C21H16N2O4. The molecule has 0 bridgehead atoms. The summed E-state index contributed by atoms with van der Waals surface area (Å²) in [6, 6.07) is 19.7. The Morgan fingerprint density at radius 2 is 1.78 bits per heavy atom. The van der Waals surface area contributed by atoms with Crippen molar-refractivity contribution in [1.82, 2.24) is 4.57 Å². The fraction of sp³-hybridized carbons (Fsp3) is 0.0476. The van der Waals surface area contributed by atoms with Crippen molar-refractivity contribution in [2.75, 3.05) is 5.32 Å². The van der Waals surface area contributed by atoms with Gasteiger partial charge in [-0.2, -0.15) is 0 Å². The highest BCUT2D eigenvalue weighted by Gasteiger charge is 2.15. The van der Waals surface area contributed by atoms with E-state index in [4.69, 9.17) is 4.42 Å². The molecule has 0 saturated heterocycles. The van der Waals surface area contributed by atoms with Gasteiger partial charge >= 0.3 is 5.97 Å². The van der Waals surface area contributed by atoms with E-state index in [1.54, 1.807) is 48.0 Å². The number of rotatable bonds is 4. The van der Waals surface area contributed by atoms with Gasteiger partial charge in [0.15, 0.2) is 5.76 Å². The zero-order valence-electron chi connectivity index (χ0n) is 14.5. The molecule has 0 atom stereocenters. The van der Waals surface area contributed by atoms with Crippen molar-refractivity contribution < 1.29 is 19.1 Å². The van der Waals surface area contributed by atoms with Crippen LogP contribution >= 0.6 is 0 Å². The van der Waals surface area contributed by atoms with Gasteiger partial charge in [0.1, 0.15) is 11.5 Å². The number of benzene rings is 2. The van der Waals surface area contributed by atoms with Gasteiger partial charge in [0.2, 0.25) is 0 Å². The molecule has 2 aromatic carbocycles. The first kappa shape index (κ1) is 16.7. The van der Waals surface area contributed by atoms with Gasteiger partial charge in [0, 0.05) is 29.2 Å². The molecule has 0 aliphatic carbocycles.